The molecule has 6 atom stereocenters. The molecule has 0 bridgehead atoms. The normalized spacial score (nSPS) is 21.0. The van der Waals surface area contributed by atoms with Crippen molar-refractivity contribution in [1.82, 2.24) is 0 Å². The van der Waals surface area contributed by atoms with E-state index in [1.54, 1.807) is 36.5 Å². The first kappa shape index (κ1) is 36.4. The average Bonchev–Trinajstić information content (AvgIpc) is 2.75. The molecule has 0 aromatic rings. The first-order valence-electron chi connectivity index (χ1n) is 12.0. The van der Waals surface area contributed by atoms with Gasteiger partial charge in [-0.2, -0.15) is 0 Å². The Kier molecular flexibility index (Phi) is 16.1. The molecule has 0 saturated heterocycles. The van der Waals surface area contributed by atoms with Crippen molar-refractivity contribution in [3.05, 3.63) is 0 Å². The van der Waals surface area contributed by atoms with Gasteiger partial charge in [-0.3, -0.25) is 22.6 Å². The zero-order chi connectivity index (χ0) is 28.3. The molecule has 0 aliphatic carbocycles. The van der Waals surface area contributed by atoms with Crippen molar-refractivity contribution in [1.29, 1.82) is 0 Å². The van der Waals surface area contributed by atoms with Gasteiger partial charge in [0.25, 0.3) is 0 Å². The van der Waals surface area contributed by atoms with Crippen LogP contribution in [0.1, 0.15) is 53.4 Å². The molecule has 0 aliphatic rings. The highest BCUT2D eigenvalue weighted by Gasteiger charge is 2.39. The number of aliphatic hydroxyl groups is 1. The minimum absolute atomic E-state index is 0.0287. The molecular formula is C18H43B2O13P3. The fourth-order valence-electron chi connectivity index (χ4n) is 3.15. The summed E-state index contributed by atoms with van der Waals surface area (Å²) in [6, 6.07) is 0. The van der Waals surface area contributed by atoms with Gasteiger partial charge in [-0.25, -0.2) is 13.7 Å². The molecule has 214 valence electrons. The third kappa shape index (κ3) is 15.7. The van der Waals surface area contributed by atoms with E-state index < -0.39 is 34.7 Å². The molecule has 18 heteroatoms. The number of phosphoric acid groups is 3. The zero-order valence-electron chi connectivity index (χ0n) is 22.1. The van der Waals surface area contributed by atoms with Gasteiger partial charge in [0.1, 0.15) is 15.7 Å². The monoisotopic (exact) mass is 582 g/mol. The van der Waals surface area contributed by atoms with Gasteiger partial charge in [-0.15, -0.1) is 0 Å². The van der Waals surface area contributed by atoms with Gasteiger partial charge in [-0.05, 0) is 44.9 Å². The zero-order valence-corrected chi connectivity index (χ0v) is 24.8. The Balaban J connectivity index is 5.04. The molecule has 0 radical (unpaired) electrons. The lowest BCUT2D eigenvalue weighted by Gasteiger charge is -2.34. The maximum atomic E-state index is 12.6. The molecule has 6 unspecified atom stereocenters. The van der Waals surface area contributed by atoms with Crippen molar-refractivity contribution in [2.75, 3.05) is 26.4 Å². The smallest absolute Gasteiger partial charge is 0.396 e. The number of aliphatic hydroxyl groups excluding tert-OH is 1. The molecule has 0 aliphatic heterocycles. The molecule has 0 saturated carbocycles. The van der Waals surface area contributed by atoms with Gasteiger partial charge in [0.15, 0.2) is 0 Å². The summed E-state index contributed by atoms with van der Waals surface area (Å²) >= 11 is 0. The van der Waals surface area contributed by atoms with Crippen molar-refractivity contribution in [2.45, 2.75) is 77.2 Å². The van der Waals surface area contributed by atoms with Crippen molar-refractivity contribution in [3.8, 4) is 0 Å². The second kappa shape index (κ2) is 15.9. The topological polar surface area (TPSA) is 199 Å². The molecule has 36 heavy (non-hydrogen) atoms. The molecule has 0 aromatic carbocycles. The molecule has 0 spiro atoms. The average molecular weight is 582 g/mol. The highest BCUT2D eigenvalue weighted by atomic mass is 31.2. The van der Waals surface area contributed by atoms with Crippen LogP contribution in [0.4, 0.5) is 0 Å². The largest absolute Gasteiger partial charge is 0.472 e. The Labute approximate surface area is 215 Å². The third-order valence-electron chi connectivity index (χ3n) is 6.14. The van der Waals surface area contributed by atoms with Crippen molar-refractivity contribution >= 4 is 39.2 Å². The van der Waals surface area contributed by atoms with Crippen LogP contribution in [-0.4, -0.2) is 78.0 Å². The van der Waals surface area contributed by atoms with Gasteiger partial charge in [0.05, 0.1) is 31.0 Å². The number of phosphoric ester groups is 3. The lowest BCUT2D eigenvalue weighted by molar-refractivity contribution is -0.00774. The van der Waals surface area contributed by atoms with E-state index in [0.717, 1.165) is 0 Å². The summed E-state index contributed by atoms with van der Waals surface area (Å²) in [6.07, 6.45) is 1.76. The fourth-order valence-corrected chi connectivity index (χ4v) is 5.92. The van der Waals surface area contributed by atoms with Crippen LogP contribution < -0.4 is 0 Å². The van der Waals surface area contributed by atoms with E-state index in [4.69, 9.17) is 27.9 Å². The molecule has 0 heterocycles. The van der Waals surface area contributed by atoms with Crippen LogP contribution >= 0.6 is 23.5 Å². The van der Waals surface area contributed by atoms with E-state index in [1.165, 1.54) is 6.92 Å². The molecule has 0 fully saturated rings. The minimum atomic E-state index is -4.65. The third-order valence-corrected chi connectivity index (χ3v) is 8.95. The Morgan fingerprint density at radius 3 is 1.69 bits per heavy atom. The Morgan fingerprint density at radius 1 is 0.778 bits per heavy atom. The summed E-state index contributed by atoms with van der Waals surface area (Å²) in [4.78, 5) is 38.2. The Morgan fingerprint density at radius 2 is 1.25 bits per heavy atom. The van der Waals surface area contributed by atoms with Gasteiger partial charge >= 0.3 is 23.5 Å². The van der Waals surface area contributed by atoms with Crippen molar-refractivity contribution in [3.63, 3.8) is 0 Å². The van der Waals surface area contributed by atoms with E-state index >= 15 is 0 Å². The lowest BCUT2D eigenvalue weighted by Crippen LogP contribution is -2.32. The first-order chi connectivity index (χ1) is 16.4. The molecule has 0 amide bonds. The number of hydrogen-bond acceptors (Lipinski definition) is 9. The summed E-state index contributed by atoms with van der Waals surface area (Å²) in [6.45, 7) is 5.63. The Hall–Kier alpha value is 0.420. The molecule has 5 N–H and O–H groups in total. The van der Waals surface area contributed by atoms with Crippen LogP contribution in [0.15, 0.2) is 0 Å². The van der Waals surface area contributed by atoms with E-state index in [-0.39, 0.29) is 57.5 Å². The SMILES string of the molecule is BCC(CO)COP(=O)(O)OC(C)(CC)CCOP(=O)(O)OC(C)(CC)CC(CB)COP(=O)(O)O. The van der Waals surface area contributed by atoms with Gasteiger partial charge in [0.2, 0.25) is 0 Å². The van der Waals surface area contributed by atoms with Gasteiger partial charge in [-0.1, -0.05) is 26.5 Å². The summed E-state index contributed by atoms with van der Waals surface area (Å²) in [7, 11) is -10.1. The predicted molar refractivity (Wildman–Crippen MR) is 139 cm³/mol. The summed E-state index contributed by atoms with van der Waals surface area (Å²) in [5.74, 6) is -0.664. The summed E-state index contributed by atoms with van der Waals surface area (Å²) in [5, 5.41) is 9.21. The Bertz CT molecular complexity index is 781. The summed E-state index contributed by atoms with van der Waals surface area (Å²) in [5.41, 5.74) is -2.36. The number of rotatable bonds is 21. The second-order valence-corrected chi connectivity index (χ2v) is 13.3. The lowest BCUT2D eigenvalue weighted by atomic mass is 9.82. The van der Waals surface area contributed by atoms with E-state index in [1.807, 2.05) is 0 Å². The second-order valence-electron chi connectivity index (χ2n) is 9.33. The van der Waals surface area contributed by atoms with Crippen LogP contribution in [0, 0.1) is 11.8 Å². The molecule has 0 aromatic heterocycles. The van der Waals surface area contributed by atoms with Crippen LogP contribution in [0.25, 0.3) is 0 Å². The van der Waals surface area contributed by atoms with E-state index in [2.05, 4.69) is 4.52 Å². The van der Waals surface area contributed by atoms with E-state index in [9.17, 15) is 28.6 Å². The quantitative estimate of drug-likeness (QED) is 0.0971. The summed E-state index contributed by atoms with van der Waals surface area (Å²) < 4.78 is 61.4. The van der Waals surface area contributed by atoms with Crippen LogP contribution in [0.3, 0.4) is 0 Å². The fraction of sp³-hybridized carbons (Fsp3) is 1.00. The molecule has 0 rings (SSSR count). The van der Waals surface area contributed by atoms with Gasteiger partial charge < -0.3 is 24.7 Å². The van der Waals surface area contributed by atoms with Crippen LogP contribution in [-0.2, 0) is 36.3 Å². The highest BCUT2D eigenvalue weighted by molar-refractivity contribution is 7.47. The maximum absolute atomic E-state index is 12.6. The number of hydrogen-bond donors (Lipinski definition) is 5. The maximum Gasteiger partial charge on any atom is 0.472 e. The van der Waals surface area contributed by atoms with Crippen molar-refractivity contribution < 1.29 is 61.0 Å². The predicted octanol–water partition coefficient (Wildman–Crippen LogP) is 1.81. The highest BCUT2D eigenvalue weighted by Crippen LogP contribution is 2.52. The molecule has 13 nitrogen and oxygen atoms in total. The van der Waals surface area contributed by atoms with E-state index in [0.29, 0.717) is 19.1 Å². The molecular weight excluding hydrogens is 539 g/mol. The standard InChI is InChI=1S/C18H43B2O13P3/c1-5-17(3,32-36(27,28)31-14-16(11-20)12-21)7-8-29-35(25,26)33-18(4,6-2)9-15(10-19)13-30-34(22,23)24/h15-16,21H,5-14,19-20H2,1-4H3,(H,25,26)(H,27,28)(H2,22,23,24). The minimum Gasteiger partial charge on any atom is -0.396 e. The van der Waals surface area contributed by atoms with Crippen LogP contribution in [0.2, 0.25) is 12.6 Å². The van der Waals surface area contributed by atoms with Gasteiger partial charge in [0, 0.05) is 13.0 Å². The van der Waals surface area contributed by atoms with Crippen LogP contribution in [0.5, 0.6) is 0 Å². The first-order valence-corrected chi connectivity index (χ1v) is 16.6. The van der Waals surface area contributed by atoms with Crippen molar-refractivity contribution in [2.24, 2.45) is 11.8 Å².